The number of hydrogen-bond acceptors (Lipinski definition) is 13. The quantitative estimate of drug-likeness (QED) is 0.149. The average molecular weight is 624 g/mol. The number of benzene rings is 2. The summed E-state index contributed by atoms with van der Waals surface area (Å²) in [4.78, 5) is 52.2. The van der Waals surface area contributed by atoms with Gasteiger partial charge in [-0.15, -0.1) is 0 Å². The fourth-order valence-electron chi connectivity index (χ4n) is 6.85. The highest BCUT2D eigenvalue weighted by Crippen LogP contribution is 2.45. The number of aliphatic imine (C=N–C) groups is 2. The number of hydrogen-bond donors (Lipinski definition) is 6. The van der Waals surface area contributed by atoms with E-state index in [1.807, 2.05) is 0 Å². The van der Waals surface area contributed by atoms with E-state index >= 15 is 0 Å². The lowest BCUT2D eigenvalue weighted by Gasteiger charge is -2.49. The zero-order valence-corrected chi connectivity index (χ0v) is 23.9. The van der Waals surface area contributed by atoms with Crippen molar-refractivity contribution in [2.24, 2.45) is 21.5 Å². The lowest BCUT2D eigenvalue weighted by Crippen LogP contribution is -2.78. The van der Waals surface area contributed by atoms with Gasteiger partial charge in [-0.3, -0.25) is 19.4 Å². The number of anilines is 1. The highest BCUT2D eigenvalue weighted by Gasteiger charge is 2.73. The molecule has 8 N–H and O–H groups in total. The van der Waals surface area contributed by atoms with E-state index in [0.717, 1.165) is 4.90 Å². The van der Waals surface area contributed by atoms with E-state index in [-0.39, 0.29) is 48.6 Å². The van der Waals surface area contributed by atoms with Crippen LogP contribution in [-0.2, 0) is 26.1 Å². The molecule has 1 spiro atoms. The summed E-state index contributed by atoms with van der Waals surface area (Å²) in [6.45, 7) is -0.704. The number of nitrogens with zero attached hydrogens (tertiary/aromatic N) is 5. The van der Waals surface area contributed by atoms with Crippen LogP contribution in [0, 0.1) is 0 Å². The van der Waals surface area contributed by atoms with Gasteiger partial charge in [0.25, 0.3) is 11.8 Å². The van der Waals surface area contributed by atoms with Gasteiger partial charge in [0, 0.05) is 17.8 Å². The molecule has 5 aliphatic heterocycles. The second kappa shape index (κ2) is 9.38. The minimum atomic E-state index is -3.41. The van der Waals surface area contributed by atoms with Crippen LogP contribution in [-0.4, -0.2) is 107 Å². The molecule has 1 unspecified atom stereocenters. The summed E-state index contributed by atoms with van der Waals surface area (Å²) in [6.07, 6.45) is 0. The van der Waals surface area contributed by atoms with Crippen LogP contribution in [0.15, 0.2) is 58.5 Å². The van der Waals surface area contributed by atoms with Crippen LogP contribution in [0.2, 0.25) is 0 Å². The van der Waals surface area contributed by atoms with Crippen LogP contribution in [0.4, 0.5) is 10.5 Å². The van der Waals surface area contributed by atoms with Gasteiger partial charge in [-0.25, -0.2) is 23.2 Å². The molecule has 0 aliphatic carbocycles. The van der Waals surface area contributed by atoms with Gasteiger partial charge in [-0.1, -0.05) is 30.3 Å². The number of fused-ring (bicyclic) bond motifs is 1. The number of carbonyl (C=O) groups is 3. The highest BCUT2D eigenvalue weighted by molar-refractivity contribution is 7.90. The Balaban J connectivity index is 1.17. The Morgan fingerprint density at radius 3 is 2.57 bits per heavy atom. The largest absolute Gasteiger partial charge is 0.370 e. The summed E-state index contributed by atoms with van der Waals surface area (Å²) in [5.74, 6) is -4.77. The highest BCUT2D eigenvalue weighted by atomic mass is 32.2. The number of guanidine groups is 2. The van der Waals surface area contributed by atoms with Crippen molar-refractivity contribution in [3.63, 3.8) is 0 Å². The van der Waals surface area contributed by atoms with Gasteiger partial charge < -0.3 is 37.2 Å². The van der Waals surface area contributed by atoms with E-state index in [0.29, 0.717) is 16.8 Å². The van der Waals surface area contributed by atoms with Gasteiger partial charge in [-0.2, -0.15) is 0 Å². The number of para-hydroxylation sites is 1. The summed E-state index contributed by atoms with van der Waals surface area (Å²) < 4.78 is 24.5. The smallest absolute Gasteiger partial charge is 0.331 e. The Labute approximate surface area is 250 Å². The lowest BCUT2D eigenvalue weighted by molar-refractivity contribution is -0.230. The van der Waals surface area contributed by atoms with E-state index < -0.39 is 57.3 Å². The molecule has 2 fully saturated rings. The van der Waals surface area contributed by atoms with Gasteiger partial charge in [0.1, 0.15) is 18.6 Å². The molecule has 0 radical (unpaired) electrons. The van der Waals surface area contributed by atoms with Crippen LogP contribution in [0.3, 0.4) is 0 Å². The number of amides is 4. The molecule has 0 aromatic heterocycles. The van der Waals surface area contributed by atoms with Gasteiger partial charge in [0.2, 0.25) is 5.79 Å². The van der Waals surface area contributed by atoms with Crippen molar-refractivity contribution in [1.82, 2.24) is 20.4 Å². The maximum Gasteiger partial charge on any atom is 0.331 e. The van der Waals surface area contributed by atoms with Crippen LogP contribution in [0.25, 0.3) is 0 Å². The van der Waals surface area contributed by atoms with Crippen molar-refractivity contribution < 1.29 is 33.0 Å². The van der Waals surface area contributed by atoms with Crippen molar-refractivity contribution in [1.29, 1.82) is 0 Å². The van der Waals surface area contributed by atoms with Crippen LogP contribution in [0.5, 0.6) is 0 Å². The standard InChI is InChI=1S/C27H29N9O7S/c28-23-32-21-18(9-35-20(37)11-34(25(35)39)15-6-2-1-3-7-15)30-24(29)36-10-19(27(40,41)26(21,36)33-23)31-22(38)16-8-4-5-14-12-44(42,43)13-17(14)16/h1-8,18-19,21,40-41H,9-13H2,(H2,29,30)(H,31,38)(H3,28,32,33)/t18-,19?,21-,26-/m0/s1. The molecule has 2 aromatic carbocycles. The zero-order valence-electron chi connectivity index (χ0n) is 23.1. The fraction of sp³-hybridized carbons (Fsp3) is 0.370. The summed E-state index contributed by atoms with van der Waals surface area (Å²) >= 11 is 0. The minimum Gasteiger partial charge on any atom is -0.370 e. The number of carbonyl (C=O) groups excluding carboxylic acids is 3. The first-order valence-electron chi connectivity index (χ1n) is 13.8. The van der Waals surface area contributed by atoms with Gasteiger partial charge in [0.05, 0.1) is 24.1 Å². The van der Waals surface area contributed by atoms with Crippen molar-refractivity contribution in [3.05, 3.63) is 65.2 Å². The maximum atomic E-state index is 13.4. The third-order valence-electron chi connectivity index (χ3n) is 8.86. The number of aliphatic hydroxyl groups is 2. The summed E-state index contributed by atoms with van der Waals surface area (Å²) in [5.41, 5.74) is 12.0. The summed E-state index contributed by atoms with van der Waals surface area (Å²) in [5, 5.41) is 28.9. The number of nitrogens with two attached hydrogens (primary N) is 2. The van der Waals surface area contributed by atoms with Gasteiger partial charge >= 0.3 is 6.03 Å². The Hall–Kier alpha value is -4.74. The number of nitrogens with one attached hydrogen (secondary N) is 2. The minimum absolute atomic E-state index is 0.0991. The van der Waals surface area contributed by atoms with Crippen molar-refractivity contribution in [2.75, 3.05) is 24.5 Å². The molecular formula is C27H29N9O7S. The SMILES string of the molecule is NC1=N[C@H]2[C@H](CN3C(=O)CN(c4ccccc4)C3=O)N=C(N)N3CC(NC(=O)c4cccc5c4CS(=O)(=O)C5)C(O)(O)[C@]23N1. The molecule has 5 aliphatic rings. The number of sulfone groups is 1. The van der Waals surface area contributed by atoms with E-state index in [1.54, 1.807) is 42.5 Å². The van der Waals surface area contributed by atoms with Crippen LogP contribution >= 0.6 is 0 Å². The molecular weight excluding hydrogens is 594 g/mol. The molecule has 5 heterocycles. The molecule has 2 aromatic rings. The normalized spacial score (nSPS) is 29.5. The third kappa shape index (κ3) is 3.96. The molecule has 17 heteroatoms. The van der Waals surface area contributed by atoms with Crippen molar-refractivity contribution >= 4 is 45.3 Å². The Kier molecular flexibility index (Phi) is 5.98. The third-order valence-corrected chi connectivity index (χ3v) is 10.3. The van der Waals surface area contributed by atoms with E-state index in [2.05, 4.69) is 20.6 Å². The number of imide groups is 1. The molecule has 4 atom stereocenters. The number of rotatable bonds is 5. The molecule has 0 bridgehead atoms. The second-order valence-corrected chi connectivity index (χ2v) is 13.5. The summed E-state index contributed by atoms with van der Waals surface area (Å²) in [6, 6.07) is 9.20. The first-order chi connectivity index (χ1) is 20.8. The molecule has 2 saturated heterocycles. The molecule has 230 valence electrons. The van der Waals surface area contributed by atoms with E-state index in [9.17, 15) is 33.0 Å². The predicted molar refractivity (Wildman–Crippen MR) is 155 cm³/mol. The Morgan fingerprint density at radius 2 is 1.82 bits per heavy atom. The van der Waals surface area contributed by atoms with Gasteiger partial charge in [-0.05, 0) is 29.3 Å². The lowest BCUT2D eigenvalue weighted by atomic mass is 9.84. The van der Waals surface area contributed by atoms with E-state index in [4.69, 9.17) is 11.5 Å². The van der Waals surface area contributed by atoms with Crippen LogP contribution < -0.4 is 27.0 Å². The van der Waals surface area contributed by atoms with Crippen molar-refractivity contribution in [3.8, 4) is 0 Å². The summed E-state index contributed by atoms with van der Waals surface area (Å²) in [7, 11) is -3.41. The Bertz CT molecular complexity index is 1780. The average Bonchev–Trinajstić information content (AvgIpc) is 3.65. The maximum absolute atomic E-state index is 13.4. The zero-order chi connectivity index (χ0) is 31.2. The fourth-order valence-corrected chi connectivity index (χ4v) is 8.48. The molecule has 4 amide bonds. The van der Waals surface area contributed by atoms with E-state index in [1.165, 1.54) is 15.9 Å². The first-order valence-corrected chi connectivity index (χ1v) is 15.6. The van der Waals surface area contributed by atoms with Crippen molar-refractivity contribution in [2.45, 2.75) is 41.1 Å². The van der Waals surface area contributed by atoms with Crippen LogP contribution in [0.1, 0.15) is 21.5 Å². The molecule has 44 heavy (non-hydrogen) atoms. The first kappa shape index (κ1) is 28.1. The number of urea groups is 1. The van der Waals surface area contributed by atoms with Gasteiger partial charge in [0.15, 0.2) is 27.4 Å². The topological polar surface area (TPSA) is 236 Å². The monoisotopic (exact) mass is 623 g/mol. The molecule has 16 nitrogen and oxygen atoms in total. The second-order valence-electron chi connectivity index (χ2n) is 11.5. The molecule has 7 rings (SSSR count). The Morgan fingerprint density at radius 1 is 1.07 bits per heavy atom. The molecule has 0 saturated carbocycles. The predicted octanol–water partition coefficient (Wildman–Crippen LogP) is -2.64.